The van der Waals surface area contributed by atoms with Gasteiger partial charge in [-0.25, -0.2) is 4.39 Å². The van der Waals surface area contributed by atoms with Crippen LogP contribution >= 0.6 is 0 Å². The maximum absolute atomic E-state index is 13.2. The first-order valence-electron chi connectivity index (χ1n) is 9.49. The molecule has 1 aliphatic rings. The molecule has 0 radical (unpaired) electrons. The maximum atomic E-state index is 13.2. The Morgan fingerprint density at radius 2 is 2.07 bits per heavy atom. The number of nitrogens with zero attached hydrogens (tertiary/aromatic N) is 4. The van der Waals surface area contributed by atoms with E-state index in [2.05, 4.69) is 20.6 Å². The molecule has 1 aromatic carbocycles. The Morgan fingerprint density at radius 1 is 1.27 bits per heavy atom. The van der Waals surface area contributed by atoms with E-state index in [0.717, 1.165) is 5.69 Å². The zero-order valence-electron chi connectivity index (χ0n) is 16.4. The molecule has 156 valence electrons. The van der Waals surface area contributed by atoms with Crippen molar-refractivity contribution in [3.05, 3.63) is 59.3 Å². The summed E-state index contributed by atoms with van der Waals surface area (Å²) >= 11 is 0. The largest absolute Gasteiger partial charge is 0.383 e. The van der Waals surface area contributed by atoms with Crippen molar-refractivity contribution < 1.29 is 18.7 Å². The fourth-order valence-corrected chi connectivity index (χ4v) is 3.36. The lowest BCUT2D eigenvalue weighted by atomic mass is 10.1. The second kappa shape index (κ2) is 8.46. The third-order valence-corrected chi connectivity index (χ3v) is 4.91. The number of hydrogen-bond donors (Lipinski definition) is 2. The number of amides is 2. The van der Waals surface area contributed by atoms with Gasteiger partial charge in [0.25, 0.3) is 11.8 Å². The summed E-state index contributed by atoms with van der Waals surface area (Å²) in [5, 5.41) is 13.9. The predicted molar refractivity (Wildman–Crippen MR) is 105 cm³/mol. The van der Waals surface area contributed by atoms with Crippen molar-refractivity contribution in [2.75, 3.05) is 26.8 Å². The molecule has 0 saturated heterocycles. The minimum atomic E-state index is -0.350. The van der Waals surface area contributed by atoms with Crippen LogP contribution < -0.4 is 5.32 Å². The van der Waals surface area contributed by atoms with E-state index in [9.17, 15) is 14.0 Å². The van der Waals surface area contributed by atoms with Gasteiger partial charge in [0, 0.05) is 25.8 Å². The molecule has 0 bridgehead atoms. The van der Waals surface area contributed by atoms with Crippen LogP contribution in [0.15, 0.2) is 36.5 Å². The Morgan fingerprint density at radius 3 is 2.83 bits per heavy atom. The number of benzene rings is 1. The summed E-state index contributed by atoms with van der Waals surface area (Å²) in [5.74, 6) is -0.820. The van der Waals surface area contributed by atoms with E-state index in [1.54, 1.807) is 34.9 Å². The van der Waals surface area contributed by atoms with Crippen LogP contribution in [-0.2, 0) is 17.8 Å². The second-order valence-electron chi connectivity index (χ2n) is 6.89. The van der Waals surface area contributed by atoms with Gasteiger partial charge in [-0.15, -0.1) is 0 Å². The smallest absolute Gasteiger partial charge is 0.271 e. The molecule has 1 aliphatic heterocycles. The summed E-state index contributed by atoms with van der Waals surface area (Å²) in [6, 6.07) is 7.56. The number of fused-ring (bicyclic) bond motifs is 1. The number of methoxy groups -OCH3 is 1. The fourth-order valence-electron chi connectivity index (χ4n) is 3.36. The molecule has 3 aromatic rings. The highest BCUT2D eigenvalue weighted by atomic mass is 19.1. The van der Waals surface area contributed by atoms with E-state index in [-0.39, 0.29) is 17.6 Å². The van der Waals surface area contributed by atoms with E-state index in [4.69, 9.17) is 4.74 Å². The van der Waals surface area contributed by atoms with Gasteiger partial charge >= 0.3 is 0 Å². The van der Waals surface area contributed by atoms with Crippen LogP contribution in [0.3, 0.4) is 0 Å². The number of aromatic nitrogens is 4. The van der Waals surface area contributed by atoms with E-state index >= 15 is 0 Å². The highest BCUT2D eigenvalue weighted by molar-refractivity contribution is 5.99. The molecule has 0 saturated carbocycles. The van der Waals surface area contributed by atoms with Gasteiger partial charge in [-0.3, -0.25) is 19.4 Å². The zero-order chi connectivity index (χ0) is 21.1. The van der Waals surface area contributed by atoms with Crippen molar-refractivity contribution in [2.24, 2.45) is 0 Å². The van der Waals surface area contributed by atoms with Crippen molar-refractivity contribution in [2.45, 2.75) is 13.1 Å². The number of carbonyl (C=O) groups excluding carboxylic acids is 2. The average Bonchev–Trinajstić information content (AvgIpc) is 3.40. The quantitative estimate of drug-likeness (QED) is 0.596. The molecule has 0 unspecified atom stereocenters. The molecule has 0 spiro atoms. The maximum Gasteiger partial charge on any atom is 0.271 e. The Balaban J connectivity index is 1.49. The Kier molecular flexibility index (Phi) is 5.57. The van der Waals surface area contributed by atoms with Crippen LogP contribution in [0.1, 0.15) is 26.5 Å². The van der Waals surface area contributed by atoms with E-state index in [1.165, 1.54) is 18.3 Å². The van der Waals surface area contributed by atoms with Gasteiger partial charge in [0.1, 0.15) is 5.82 Å². The number of aromatic amines is 1. The van der Waals surface area contributed by atoms with Crippen LogP contribution in [-0.4, -0.2) is 63.5 Å². The standard InChI is InChI=1S/C20H21FN6O3/c1-30-9-6-22-19(28)17-10-15-12-26(7-8-27(15)25-17)20(29)16-11-23-24-18(16)13-2-4-14(21)5-3-13/h2-5,10-11H,6-9,12H2,1H3,(H,22,28)(H,23,24). The third kappa shape index (κ3) is 3.94. The van der Waals surface area contributed by atoms with Gasteiger partial charge in [-0.1, -0.05) is 0 Å². The number of H-pyrrole nitrogens is 1. The van der Waals surface area contributed by atoms with E-state index in [1.807, 2.05) is 0 Å². The van der Waals surface area contributed by atoms with Gasteiger partial charge in [-0.05, 0) is 30.3 Å². The summed E-state index contributed by atoms with van der Waals surface area (Å²) in [7, 11) is 1.56. The lowest BCUT2D eigenvalue weighted by Gasteiger charge is -2.27. The van der Waals surface area contributed by atoms with Gasteiger partial charge in [0.15, 0.2) is 5.69 Å². The Bertz CT molecular complexity index is 1060. The molecule has 0 atom stereocenters. The molecule has 0 fully saturated rings. The lowest BCUT2D eigenvalue weighted by Crippen LogP contribution is -2.38. The fraction of sp³-hybridized carbons (Fsp3) is 0.300. The average molecular weight is 412 g/mol. The first-order valence-corrected chi connectivity index (χ1v) is 9.49. The topological polar surface area (TPSA) is 105 Å². The predicted octanol–water partition coefficient (Wildman–Crippen LogP) is 1.44. The molecule has 2 aromatic heterocycles. The molecule has 10 heteroatoms. The van der Waals surface area contributed by atoms with Crippen LogP contribution in [0.4, 0.5) is 4.39 Å². The molecular weight excluding hydrogens is 391 g/mol. The summed E-state index contributed by atoms with van der Waals surface area (Å²) in [5.41, 5.74) is 2.71. The van der Waals surface area contributed by atoms with Gasteiger partial charge < -0.3 is 15.0 Å². The SMILES string of the molecule is COCCNC(=O)c1cc2n(n1)CCN(C(=O)c1cn[nH]c1-c1ccc(F)cc1)C2. The van der Waals surface area contributed by atoms with Crippen molar-refractivity contribution >= 4 is 11.8 Å². The molecule has 30 heavy (non-hydrogen) atoms. The highest BCUT2D eigenvalue weighted by Crippen LogP contribution is 2.24. The molecule has 2 amide bonds. The van der Waals surface area contributed by atoms with Crippen LogP contribution in [0.2, 0.25) is 0 Å². The molecule has 0 aliphatic carbocycles. The van der Waals surface area contributed by atoms with Crippen LogP contribution in [0.25, 0.3) is 11.3 Å². The molecule has 3 heterocycles. The lowest BCUT2D eigenvalue weighted by molar-refractivity contribution is 0.0706. The van der Waals surface area contributed by atoms with Gasteiger partial charge in [0.05, 0.1) is 42.8 Å². The van der Waals surface area contributed by atoms with Crippen molar-refractivity contribution in [3.8, 4) is 11.3 Å². The minimum absolute atomic E-state index is 0.193. The normalized spacial score (nSPS) is 13.2. The number of hydrogen-bond acceptors (Lipinski definition) is 5. The first-order chi connectivity index (χ1) is 14.6. The number of halogens is 1. The van der Waals surface area contributed by atoms with Gasteiger partial charge in [-0.2, -0.15) is 10.2 Å². The molecule has 2 N–H and O–H groups in total. The summed E-state index contributed by atoms with van der Waals surface area (Å²) < 4.78 is 19.9. The van der Waals surface area contributed by atoms with Crippen LogP contribution in [0, 0.1) is 5.82 Å². The first kappa shape index (κ1) is 19.8. The molecular formula is C20H21FN6O3. The Labute approximate surface area is 171 Å². The van der Waals surface area contributed by atoms with Crippen molar-refractivity contribution in [1.82, 2.24) is 30.2 Å². The number of nitrogens with one attached hydrogen (secondary N) is 2. The number of carbonyl (C=O) groups is 2. The number of ether oxygens (including phenoxy) is 1. The second-order valence-corrected chi connectivity index (χ2v) is 6.89. The third-order valence-electron chi connectivity index (χ3n) is 4.91. The van der Waals surface area contributed by atoms with Crippen LogP contribution in [0.5, 0.6) is 0 Å². The summed E-state index contributed by atoms with van der Waals surface area (Å²) in [6.45, 7) is 2.07. The minimum Gasteiger partial charge on any atom is -0.383 e. The van der Waals surface area contributed by atoms with Crippen molar-refractivity contribution in [3.63, 3.8) is 0 Å². The zero-order valence-corrected chi connectivity index (χ0v) is 16.4. The van der Waals surface area contributed by atoms with Crippen molar-refractivity contribution in [1.29, 1.82) is 0 Å². The van der Waals surface area contributed by atoms with E-state index < -0.39 is 0 Å². The van der Waals surface area contributed by atoms with Gasteiger partial charge in [0.2, 0.25) is 0 Å². The Hall–Kier alpha value is -3.53. The number of rotatable bonds is 6. The highest BCUT2D eigenvalue weighted by Gasteiger charge is 2.27. The molecule has 9 nitrogen and oxygen atoms in total. The van der Waals surface area contributed by atoms with E-state index in [0.29, 0.717) is 55.3 Å². The molecule has 4 rings (SSSR count). The summed E-state index contributed by atoms with van der Waals surface area (Å²) in [6.07, 6.45) is 1.47. The summed E-state index contributed by atoms with van der Waals surface area (Å²) in [4.78, 5) is 27.0. The monoisotopic (exact) mass is 412 g/mol.